The van der Waals surface area contributed by atoms with E-state index in [0.29, 0.717) is 13.0 Å². The molecule has 0 saturated heterocycles. The number of Topliss-reactive ketones (excluding diaryl/α,β-unsaturated/α-hetero) is 1. The summed E-state index contributed by atoms with van der Waals surface area (Å²) in [5, 5.41) is 0. The van der Waals surface area contributed by atoms with E-state index < -0.39 is 0 Å². The molecular weight excluding hydrogens is 102 g/mol. The molecule has 0 rings (SSSR count). The summed E-state index contributed by atoms with van der Waals surface area (Å²) in [4.78, 5) is 14.2. The van der Waals surface area contributed by atoms with Crippen molar-refractivity contribution in [2.45, 2.75) is 20.3 Å². The van der Waals surface area contributed by atoms with Crippen LogP contribution in [0.4, 0.5) is 0 Å². The molecular formula is C6H11NO. The molecule has 2 nitrogen and oxygen atoms in total. The lowest BCUT2D eigenvalue weighted by Crippen LogP contribution is -1.95. The van der Waals surface area contributed by atoms with Gasteiger partial charge in [-0.1, -0.05) is 6.92 Å². The lowest BCUT2D eigenvalue weighted by molar-refractivity contribution is -0.112. The topological polar surface area (TPSA) is 29.4 Å². The van der Waals surface area contributed by atoms with E-state index in [9.17, 15) is 4.79 Å². The van der Waals surface area contributed by atoms with Crippen molar-refractivity contribution in [2.75, 3.05) is 6.54 Å². The minimum absolute atomic E-state index is 0.104. The maximum atomic E-state index is 10.4. The Morgan fingerprint density at radius 3 is 2.62 bits per heavy atom. The summed E-state index contributed by atoms with van der Waals surface area (Å²) in [5.41, 5.74) is 0. The minimum atomic E-state index is 0.104. The Morgan fingerprint density at radius 1 is 1.62 bits per heavy atom. The Bertz CT molecular complexity index is 96.7. The van der Waals surface area contributed by atoms with Crippen LogP contribution in [-0.4, -0.2) is 18.5 Å². The predicted molar refractivity (Wildman–Crippen MR) is 34.3 cm³/mol. The molecule has 0 aliphatic heterocycles. The van der Waals surface area contributed by atoms with Crippen LogP contribution in [0.3, 0.4) is 0 Å². The number of hydrogen-bond donors (Lipinski definition) is 0. The van der Waals surface area contributed by atoms with Crippen LogP contribution < -0.4 is 0 Å². The molecule has 0 atom stereocenters. The first-order valence-electron chi connectivity index (χ1n) is 2.83. The van der Waals surface area contributed by atoms with Gasteiger partial charge in [-0.05, 0) is 6.92 Å². The molecule has 46 valence electrons. The molecule has 0 spiro atoms. The number of carbonyl (C=O) groups excluding carboxylic acids is 1. The SMILES string of the molecule is CCN=CC(=O)CC. The minimum Gasteiger partial charge on any atom is -0.293 e. The fourth-order valence-corrected chi connectivity index (χ4v) is 0.284. The largest absolute Gasteiger partial charge is 0.293 e. The van der Waals surface area contributed by atoms with Gasteiger partial charge in [-0.2, -0.15) is 0 Å². The normalized spacial score (nSPS) is 10.2. The van der Waals surface area contributed by atoms with Crippen LogP contribution in [-0.2, 0) is 4.79 Å². The molecule has 0 saturated carbocycles. The molecule has 0 aromatic heterocycles. The lowest BCUT2D eigenvalue weighted by Gasteiger charge is -1.80. The Balaban J connectivity index is 3.37. The summed E-state index contributed by atoms with van der Waals surface area (Å²) in [5.74, 6) is 0.104. The Morgan fingerprint density at radius 2 is 2.25 bits per heavy atom. The number of ketones is 1. The molecule has 0 aliphatic rings. The molecule has 8 heavy (non-hydrogen) atoms. The fourth-order valence-electron chi connectivity index (χ4n) is 0.284. The summed E-state index contributed by atoms with van der Waals surface area (Å²) in [6.45, 7) is 4.43. The fraction of sp³-hybridized carbons (Fsp3) is 0.667. The molecule has 0 fully saturated rings. The highest BCUT2D eigenvalue weighted by atomic mass is 16.1. The van der Waals surface area contributed by atoms with Crippen LogP contribution >= 0.6 is 0 Å². The van der Waals surface area contributed by atoms with Crippen molar-refractivity contribution in [1.29, 1.82) is 0 Å². The number of hydrogen-bond acceptors (Lipinski definition) is 2. The number of rotatable bonds is 3. The molecule has 0 bridgehead atoms. The Hall–Kier alpha value is -0.660. The molecule has 0 N–H and O–H groups in total. The zero-order valence-corrected chi connectivity index (χ0v) is 5.35. The van der Waals surface area contributed by atoms with Gasteiger partial charge in [0.2, 0.25) is 0 Å². The van der Waals surface area contributed by atoms with E-state index in [2.05, 4.69) is 4.99 Å². The number of nitrogens with zero attached hydrogens (tertiary/aromatic N) is 1. The van der Waals surface area contributed by atoms with E-state index in [-0.39, 0.29) is 5.78 Å². The summed E-state index contributed by atoms with van der Waals surface area (Å²) < 4.78 is 0. The average molecular weight is 113 g/mol. The van der Waals surface area contributed by atoms with E-state index in [4.69, 9.17) is 0 Å². The third kappa shape index (κ3) is 3.53. The Labute approximate surface area is 49.6 Å². The van der Waals surface area contributed by atoms with Gasteiger partial charge in [0.05, 0.1) is 6.21 Å². The molecule has 0 aromatic carbocycles. The van der Waals surface area contributed by atoms with Crippen molar-refractivity contribution in [2.24, 2.45) is 4.99 Å². The van der Waals surface area contributed by atoms with Crippen molar-refractivity contribution in [3.05, 3.63) is 0 Å². The zero-order valence-electron chi connectivity index (χ0n) is 5.35. The standard InChI is InChI=1S/C6H11NO/c1-3-6(8)5-7-4-2/h5H,3-4H2,1-2H3. The van der Waals surface area contributed by atoms with Gasteiger partial charge >= 0.3 is 0 Å². The van der Waals surface area contributed by atoms with E-state index in [0.717, 1.165) is 0 Å². The second kappa shape index (κ2) is 4.50. The van der Waals surface area contributed by atoms with Crippen molar-refractivity contribution in [3.8, 4) is 0 Å². The molecule has 0 unspecified atom stereocenters. The smallest absolute Gasteiger partial charge is 0.173 e. The summed E-state index contributed by atoms with van der Waals surface area (Å²) >= 11 is 0. The van der Waals surface area contributed by atoms with Gasteiger partial charge in [0.25, 0.3) is 0 Å². The molecule has 0 aliphatic carbocycles. The third-order valence-electron chi connectivity index (χ3n) is 0.766. The second-order valence-electron chi connectivity index (χ2n) is 1.45. The van der Waals surface area contributed by atoms with Gasteiger partial charge < -0.3 is 0 Å². The summed E-state index contributed by atoms with van der Waals surface area (Å²) in [7, 11) is 0. The molecule has 0 heterocycles. The van der Waals surface area contributed by atoms with E-state index in [1.54, 1.807) is 0 Å². The monoisotopic (exact) mass is 113 g/mol. The van der Waals surface area contributed by atoms with Gasteiger partial charge in [0.15, 0.2) is 5.78 Å². The van der Waals surface area contributed by atoms with E-state index in [1.165, 1.54) is 6.21 Å². The van der Waals surface area contributed by atoms with Gasteiger partial charge in [-0.25, -0.2) is 0 Å². The lowest BCUT2D eigenvalue weighted by atomic mass is 10.3. The Kier molecular flexibility index (Phi) is 4.13. The van der Waals surface area contributed by atoms with Crippen molar-refractivity contribution in [1.82, 2.24) is 0 Å². The van der Waals surface area contributed by atoms with Gasteiger partial charge in [-0.15, -0.1) is 0 Å². The molecule has 0 amide bonds. The summed E-state index contributed by atoms with van der Waals surface area (Å²) in [6, 6.07) is 0. The van der Waals surface area contributed by atoms with E-state index >= 15 is 0 Å². The maximum absolute atomic E-state index is 10.4. The second-order valence-corrected chi connectivity index (χ2v) is 1.45. The molecule has 0 aromatic rings. The van der Waals surface area contributed by atoms with Gasteiger partial charge in [-0.3, -0.25) is 9.79 Å². The highest BCUT2D eigenvalue weighted by Gasteiger charge is 1.86. The van der Waals surface area contributed by atoms with Crippen LogP contribution in [0.25, 0.3) is 0 Å². The van der Waals surface area contributed by atoms with Crippen molar-refractivity contribution >= 4 is 12.0 Å². The van der Waals surface area contributed by atoms with Gasteiger partial charge in [0.1, 0.15) is 0 Å². The third-order valence-corrected chi connectivity index (χ3v) is 0.766. The van der Waals surface area contributed by atoms with Crippen LogP contribution in [0.15, 0.2) is 4.99 Å². The molecule has 0 radical (unpaired) electrons. The predicted octanol–water partition coefficient (Wildman–Crippen LogP) is 1.06. The first-order valence-corrected chi connectivity index (χ1v) is 2.83. The average Bonchev–Trinajstić information content (AvgIpc) is 1.83. The van der Waals surface area contributed by atoms with E-state index in [1.807, 2.05) is 13.8 Å². The first-order chi connectivity index (χ1) is 3.81. The van der Waals surface area contributed by atoms with Crippen LogP contribution in [0, 0.1) is 0 Å². The maximum Gasteiger partial charge on any atom is 0.173 e. The van der Waals surface area contributed by atoms with Crippen LogP contribution in [0.5, 0.6) is 0 Å². The van der Waals surface area contributed by atoms with Gasteiger partial charge in [0, 0.05) is 13.0 Å². The van der Waals surface area contributed by atoms with Crippen LogP contribution in [0.2, 0.25) is 0 Å². The first kappa shape index (κ1) is 7.34. The number of carbonyl (C=O) groups is 1. The van der Waals surface area contributed by atoms with Crippen molar-refractivity contribution < 1.29 is 4.79 Å². The zero-order chi connectivity index (χ0) is 6.41. The highest BCUT2D eigenvalue weighted by Crippen LogP contribution is 1.74. The molecule has 2 heteroatoms. The number of aliphatic imine (C=N–C) groups is 1. The van der Waals surface area contributed by atoms with Crippen LogP contribution in [0.1, 0.15) is 20.3 Å². The quantitative estimate of drug-likeness (QED) is 0.503. The van der Waals surface area contributed by atoms with Crippen molar-refractivity contribution in [3.63, 3.8) is 0 Å². The summed E-state index contributed by atoms with van der Waals surface area (Å²) in [6.07, 6.45) is 1.95. The highest BCUT2D eigenvalue weighted by molar-refractivity contribution is 6.27.